The molecule has 108 valence electrons. The molecule has 2 amide bonds. The minimum atomic E-state index is -0.819. The Morgan fingerprint density at radius 1 is 1.42 bits per heavy atom. The van der Waals surface area contributed by atoms with Crippen molar-refractivity contribution >= 4 is 12.0 Å². The molecule has 2 unspecified atom stereocenters. The van der Waals surface area contributed by atoms with E-state index in [0.29, 0.717) is 25.6 Å². The van der Waals surface area contributed by atoms with E-state index < -0.39 is 11.9 Å². The Morgan fingerprint density at radius 2 is 2.16 bits per heavy atom. The van der Waals surface area contributed by atoms with Gasteiger partial charge in [-0.15, -0.1) is 0 Å². The molecule has 0 aromatic rings. The van der Waals surface area contributed by atoms with E-state index in [1.165, 1.54) is 0 Å². The Labute approximate surface area is 113 Å². The van der Waals surface area contributed by atoms with Crippen molar-refractivity contribution in [2.45, 2.75) is 26.3 Å². The molecule has 2 saturated heterocycles. The maximum Gasteiger partial charge on any atom is 0.317 e. The summed E-state index contributed by atoms with van der Waals surface area (Å²) in [6.07, 6.45) is 0.968. The van der Waals surface area contributed by atoms with E-state index in [1.54, 1.807) is 4.90 Å². The number of ether oxygens (including phenoxy) is 1. The van der Waals surface area contributed by atoms with Crippen molar-refractivity contribution in [1.82, 2.24) is 10.2 Å². The van der Waals surface area contributed by atoms with E-state index >= 15 is 0 Å². The number of carboxylic acids is 1. The molecule has 6 heteroatoms. The van der Waals surface area contributed by atoms with Crippen LogP contribution in [0.1, 0.15) is 20.3 Å². The van der Waals surface area contributed by atoms with Crippen molar-refractivity contribution in [2.24, 2.45) is 17.8 Å². The van der Waals surface area contributed by atoms with E-state index in [1.807, 2.05) is 13.8 Å². The first-order valence-electron chi connectivity index (χ1n) is 6.85. The second-order valence-corrected chi connectivity index (χ2v) is 5.69. The van der Waals surface area contributed by atoms with Gasteiger partial charge in [0.1, 0.15) is 0 Å². The summed E-state index contributed by atoms with van der Waals surface area (Å²) in [7, 11) is 0. The molecule has 2 N–H and O–H groups in total. The number of hydrogen-bond donors (Lipinski definition) is 2. The normalized spacial score (nSPS) is 32.3. The number of urea groups is 1. The number of likely N-dealkylation sites (tertiary alicyclic amines) is 1. The molecule has 0 aromatic heterocycles. The predicted molar refractivity (Wildman–Crippen MR) is 68.8 cm³/mol. The highest BCUT2D eigenvalue weighted by atomic mass is 16.5. The fourth-order valence-corrected chi connectivity index (χ4v) is 2.81. The lowest BCUT2D eigenvalue weighted by molar-refractivity contribution is -0.142. The zero-order valence-electron chi connectivity index (χ0n) is 11.5. The van der Waals surface area contributed by atoms with Gasteiger partial charge in [0.2, 0.25) is 0 Å². The quantitative estimate of drug-likeness (QED) is 0.794. The zero-order valence-corrected chi connectivity index (χ0v) is 11.5. The number of amides is 2. The highest BCUT2D eigenvalue weighted by Gasteiger charge is 2.37. The van der Waals surface area contributed by atoms with Crippen LogP contribution in [0.2, 0.25) is 0 Å². The number of nitrogens with one attached hydrogen (secondary N) is 1. The van der Waals surface area contributed by atoms with Crippen LogP contribution in [0.5, 0.6) is 0 Å². The van der Waals surface area contributed by atoms with Gasteiger partial charge in [-0.1, -0.05) is 6.92 Å². The number of carbonyl (C=O) groups excluding carboxylic acids is 1. The zero-order chi connectivity index (χ0) is 14.0. The highest BCUT2D eigenvalue weighted by molar-refractivity contribution is 5.77. The maximum atomic E-state index is 12.1. The van der Waals surface area contributed by atoms with Gasteiger partial charge in [0, 0.05) is 31.7 Å². The van der Waals surface area contributed by atoms with Crippen molar-refractivity contribution in [2.75, 3.05) is 26.3 Å². The Balaban J connectivity index is 1.85. The number of nitrogens with zero attached hydrogens (tertiary/aromatic N) is 1. The third-order valence-electron chi connectivity index (χ3n) is 4.24. The van der Waals surface area contributed by atoms with Crippen LogP contribution in [0.3, 0.4) is 0 Å². The molecule has 4 atom stereocenters. The van der Waals surface area contributed by atoms with Crippen LogP contribution in [0.15, 0.2) is 0 Å². The standard InChI is InChI=1S/C13H22N2O4/c1-8-5-15(6-11(8)12(16)17)13(18)14-9(2)10-3-4-19-7-10/h8-11H,3-7H2,1-2H3,(H,14,18)(H,16,17)/t8-,9?,10?,11-/m1/s1. The Hall–Kier alpha value is -1.30. The first kappa shape index (κ1) is 14.1. The molecule has 19 heavy (non-hydrogen) atoms. The van der Waals surface area contributed by atoms with Gasteiger partial charge < -0.3 is 20.1 Å². The molecular formula is C13H22N2O4. The number of hydrogen-bond acceptors (Lipinski definition) is 3. The summed E-state index contributed by atoms with van der Waals surface area (Å²) < 4.78 is 5.31. The Morgan fingerprint density at radius 3 is 2.68 bits per heavy atom. The Bertz CT molecular complexity index is 355. The summed E-state index contributed by atoms with van der Waals surface area (Å²) in [5.41, 5.74) is 0. The largest absolute Gasteiger partial charge is 0.481 e. The lowest BCUT2D eigenvalue weighted by Crippen LogP contribution is -2.46. The fraction of sp³-hybridized carbons (Fsp3) is 0.846. The van der Waals surface area contributed by atoms with E-state index in [2.05, 4.69) is 5.32 Å². The molecule has 0 spiro atoms. The summed E-state index contributed by atoms with van der Waals surface area (Å²) in [6, 6.07) is -0.0933. The minimum Gasteiger partial charge on any atom is -0.481 e. The van der Waals surface area contributed by atoms with Crippen molar-refractivity contribution < 1.29 is 19.4 Å². The van der Waals surface area contributed by atoms with Crippen molar-refractivity contribution in [3.63, 3.8) is 0 Å². The molecule has 0 saturated carbocycles. The molecule has 2 rings (SSSR count). The number of aliphatic carboxylic acids is 1. The average Bonchev–Trinajstić information content (AvgIpc) is 2.96. The molecule has 0 aliphatic carbocycles. The molecule has 0 radical (unpaired) electrons. The van der Waals surface area contributed by atoms with Crippen LogP contribution in [0.25, 0.3) is 0 Å². The minimum absolute atomic E-state index is 0.00775. The molecule has 2 aliphatic heterocycles. The maximum absolute atomic E-state index is 12.1. The fourth-order valence-electron chi connectivity index (χ4n) is 2.81. The van der Waals surface area contributed by atoms with Crippen LogP contribution in [0.4, 0.5) is 4.79 Å². The van der Waals surface area contributed by atoms with Gasteiger partial charge >= 0.3 is 12.0 Å². The smallest absolute Gasteiger partial charge is 0.317 e. The van der Waals surface area contributed by atoms with Crippen LogP contribution < -0.4 is 5.32 Å². The number of carbonyl (C=O) groups is 2. The molecule has 0 aromatic carbocycles. The molecule has 2 fully saturated rings. The van der Waals surface area contributed by atoms with Crippen molar-refractivity contribution in [3.05, 3.63) is 0 Å². The topological polar surface area (TPSA) is 78.9 Å². The molecule has 6 nitrogen and oxygen atoms in total. The Kier molecular flexibility index (Phi) is 4.29. The summed E-state index contributed by atoms with van der Waals surface area (Å²) in [5, 5.41) is 12.0. The third-order valence-corrected chi connectivity index (χ3v) is 4.24. The van der Waals surface area contributed by atoms with Crippen LogP contribution in [0, 0.1) is 17.8 Å². The highest BCUT2D eigenvalue weighted by Crippen LogP contribution is 2.23. The SMILES string of the molecule is CC(NC(=O)N1C[C@@H](C)[C@H](C(=O)O)C1)C1CCOC1. The van der Waals surface area contributed by atoms with Gasteiger partial charge in [-0.2, -0.15) is 0 Å². The van der Waals surface area contributed by atoms with Gasteiger partial charge in [0.15, 0.2) is 0 Å². The van der Waals surface area contributed by atoms with Crippen molar-refractivity contribution in [1.29, 1.82) is 0 Å². The van der Waals surface area contributed by atoms with Crippen LogP contribution >= 0.6 is 0 Å². The first-order valence-corrected chi connectivity index (χ1v) is 6.85. The van der Waals surface area contributed by atoms with Gasteiger partial charge in [0.25, 0.3) is 0 Å². The second-order valence-electron chi connectivity index (χ2n) is 5.69. The van der Waals surface area contributed by atoms with E-state index in [9.17, 15) is 9.59 Å². The average molecular weight is 270 g/mol. The molecule has 2 aliphatic rings. The summed E-state index contributed by atoms with van der Waals surface area (Å²) in [4.78, 5) is 24.8. The molecule has 2 heterocycles. The monoisotopic (exact) mass is 270 g/mol. The van der Waals surface area contributed by atoms with Gasteiger partial charge in [0.05, 0.1) is 12.5 Å². The number of rotatable bonds is 3. The molecule has 0 bridgehead atoms. The lowest BCUT2D eigenvalue weighted by Gasteiger charge is -2.23. The van der Waals surface area contributed by atoms with E-state index in [-0.39, 0.29) is 18.0 Å². The van der Waals surface area contributed by atoms with Crippen LogP contribution in [-0.4, -0.2) is 54.4 Å². The van der Waals surface area contributed by atoms with Gasteiger partial charge in [-0.25, -0.2) is 4.79 Å². The molecular weight excluding hydrogens is 248 g/mol. The van der Waals surface area contributed by atoms with Gasteiger partial charge in [-0.05, 0) is 19.3 Å². The first-order chi connectivity index (χ1) is 8.99. The summed E-state index contributed by atoms with van der Waals surface area (Å²) in [6.45, 7) is 6.11. The second kappa shape index (κ2) is 5.77. The van der Waals surface area contributed by atoms with E-state index in [0.717, 1.165) is 13.0 Å². The van der Waals surface area contributed by atoms with Gasteiger partial charge in [-0.3, -0.25) is 4.79 Å². The predicted octanol–water partition coefficient (Wildman–Crippen LogP) is 0.773. The lowest BCUT2D eigenvalue weighted by atomic mass is 9.99. The van der Waals surface area contributed by atoms with Crippen LogP contribution in [-0.2, 0) is 9.53 Å². The number of carboxylic acid groups (broad SMARTS) is 1. The third kappa shape index (κ3) is 3.18. The van der Waals surface area contributed by atoms with Crippen molar-refractivity contribution in [3.8, 4) is 0 Å². The summed E-state index contributed by atoms with van der Waals surface area (Å²) >= 11 is 0. The summed E-state index contributed by atoms with van der Waals surface area (Å²) in [5.74, 6) is -0.900. The van der Waals surface area contributed by atoms with E-state index in [4.69, 9.17) is 9.84 Å².